The molecule has 0 spiro atoms. The van der Waals surface area contributed by atoms with E-state index in [1.807, 2.05) is 0 Å². The lowest BCUT2D eigenvalue weighted by Gasteiger charge is -2.21. The lowest BCUT2D eigenvalue weighted by Crippen LogP contribution is -2.17. The van der Waals surface area contributed by atoms with Crippen molar-refractivity contribution in [3.05, 3.63) is 40.4 Å². The molecular weight excluding hydrogens is 318 g/mol. The van der Waals surface area contributed by atoms with Crippen molar-refractivity contribution >= 4 is 34.3 Å². The molecule has 2 N–H and O–H groups in total. The highest BCUT2D eigenvalue weighted by Crippen LogP contribution is 2.43. The number of hydrogen-bond acceptors (Lipinski definition) is 2. The van der Waals surface area contributed by atoms with Crippen molar-refractivity contribution in [1.82, 2.24) is 4.98 Å². The Balaban J connectivity index is 1.93. The summed E-state index contributed by atoms with van der Waals surface area (Å²) < 4.78 is 26.7. The molecule has 0 unspecified atom stereocenters. The van der Waals surface area contributed by atoms with Crippen LogP contribution in [0.2, 0.25) is 0 Å². The third-order valence-electron chi connectivity index (χ3n) is 3.80. The number of aromatic nitrogens is 1. The van der Waals surface area contributed by atoms with Gasteiger partial charge in [-0.3, -0.25) is 4.79 Å². The second-order valence-electron chi connectivity index (χ2n) is 6.62. The molecule has 3 rings (SSSR count). The fourth-order valence-electron chi connectivity index (χ4n) is 2.76. The predicted octanol–water partition coefficient (Wildman–Crippen LogP) is 4.82. The van der Waals surface area contributed by atoms with Crippen molar-refractivity contribution in [3.63, 3.8) is 0 Å². The van der Waals surface area contributed by atoms with E-state index in [1.165, 1.54) is 0 Å². The van der Waals surface area contributed by atoms with E-state index in [4.69, 9.17) is 0 Å². The summed E-state index contributed by atoms with van der Waals surface area (Å²) in [4.78, 5) is 16.5. The van der Waals surface area contributed by atoms with E-state index >= 15 is 0 Å². The van der Waals surface area contributed by atoms with Gasteiger partial charge in [0.25, 0.3) is 5.91 Å². The van der Waals surface area contributed by atoms with Crippen molar-refractivity contribution in [3.8, 4) is 0 Å². The molecule has 1 aromatic heterocycles. The second-order valence-corrected chi connectivity index (χ2v) is 7.73. The number of amides is 1. The molecule has 0 radical (unpaired) electrons. The van der Waals surface area contributed by atoms with Crippen LogP contribution in [0.1, 0.15) is 27.2 Å². The number of H-pyrrole nitrogens is 1. The number of carbonyl (C=O) groups is 1. The largest absolute Gasteiger partial charge is 0.359 e. The van der Waals surface area contributed by atoms with Gasteiger partial charge in [0.2, 0.25) is 0 Å². The molecule has 0 aliphatic carbocycles. The molecule has 3 nitrogen and oxygen atoms in total. The number of hydrogen-bond donors (Lipinski definition) is 2. The first-order chi connectivity index (χ1) is 10.8. The molecule has 0 saturated heterocycles. The smallest absolute Gasteiger partial charge is 0.252 e. The summed E-state index contributed by atoms with van der Waals surface area (Å²) in [5.74, 6) is -1.13. The van der Waals surface area contributed by atoms with Gasteiger partial charge in [-0.25, -0.2) is 8.78 Å². The summed E-state index contributed by atoms with van der Waals surface area (Å²) in [6.07, 6.45) is 2.27. The third-order valence-corrected chi connectivity index (χ3v) is 5.35. The van der Waals surface area contributed by atoms with E-state index in [9.17, 15) is 13.6 Å². The van der Waals surface area contributed by atoms with Gasteiger partial charge in [0.1, 0.15) is 0 Å². The molecule has 2 aromatic rings. The van der Waals surface area contributed by atoms with Gasteiger partial charge in [0.15, 0.2) is 11.6 Å². The Morgan fingerprint density at radius 2 is 1.96 bits per heavy atom. The number of benzene rings is 1. The fourth-order valence-corrected chi connectivity index (χ4v) is 4.07. The van der Waals surface area contributed by atoms with Crippen LogP contribution < -0.4 is 5.32 Å². The lowest BCUT2D eigenvalue weighted by molar-refractivity contribution is -0.113. The van der Waals surface area contributed by atoms with Gasteiger partial charge in [-0.05, 0) is 22.8 Å². The van der Waals surface area contributed by atoms with Gasteiger partial charge in [-0.1, -0.05) is 20.8 Å². The highest BCUT2D eigenvalue weighted by atomic mass is 32.2. The van der Waals surface area contributed by atoms with Crippen LogP contribution in [0.25, 0.3) is 10.9 Å². The molecule has 1 amide bonds. The number of halogens is 2. The van der Waals surface area contributed by atoms with Gasteiger partial charge in [-0.15, -0.1) is 11.8 Å². The lowest BCUT2D eigenvalue weighted by atomic mass is 9.92. The first-order valence-electron chi connectivity index (χ1n) is 7.41. The Kier molecular flexibility index (Phi) is 3.96. The third kappa shape index (κ3) is 3.00. The zero-order valence-electron chi connectivity index (χ0n) is 13.2. The van der Waals surface area contributed by atoms with Crippen molar-refractivity contribution in [1.29, 1.82) is 0 Å². The summed E-state index contributed by atoms with van der Waals surface area (Å²) in [5.41, 5.74) is 1.61. The number of nitrogens with one attached hydrogen (secondary N) is 2. The van der Waals surface area contributed by atoms with Crippen LogP contribution in [-0.2, 0) is 4.79 Å². The number of rotatable bonds is 2. The summed E-state index contributed by atoms with van der Waals surface area (Å²) in [5, 5.41) is 3.28. The molecule has 0 saturated carbocycles. The molecule has 23 heavy (non-hydrogen) atoms. The average molecular weight is 336 g/mol. The van der Waals surface area contributed by atoms with Crippen molar-refractivity contribution < 1.29 is 13.6 Å². The van der Waals surface area contributed by atoms with Crippen LogP contribution >= 0.6 is 11.8 Å². The molecule has 122 valence electrons. The van der Waals surface area contributed by atoms with Gasteiger partial charge in [-0.2, -0.15) is 0 Å². The van der Waals surface area contributed by atoms with Crippen LogP contribution in [0.15, 0.2) is 28.8 Å². The number of fused-ring (bicyclic) bond motifs is 1. The van der Waals surface area contributed by atoms with Crippen LogP contribution in [-0.4, -0.2) is 16.6 Å². The average Bonchev–Trinajstić information content (AvgIpc) is 3.07. The molecule has 0 atom stereocenters. The molecule has 0 bridgehead atoms. The van der Waals surface area contributed by atoms with Crippen LogP contribution in [0.3, 0.4) is 0 Å². The first-order valence-corrected chi connectivity index (χ1v) is 8.40. The quantitative estimate of drug-likeness (QED) is 0.826. The zero-order chi connectivity index (χ0) is 16.8. The molecule has 1 aliphatic heterocycles. The summed E-state index contributed by atoms with van der Waals surface area (Å²) >= 11 is 1.71. The maximum absolute atomic E-state index is 13.4. The van der Waals surface area contributed by atoms with E-state index in [1.54, 1.807) is 18.0 Å². The Hall–Kier alpha value is -1.82. The predicted molar refractivity (Wildman–Crippen MR) is 90.4 cm³/mol. The minimum Gasteiger partial charge on any atom is -0.359 e. The van der Waals surface area contributed by atoms with Crippen molar-refractivity contribution in [2.24, 2.45) is 5.41 Å². The van der Waals surface area contributed by atoms with Crippen LogP contribution in [0, 0.1) is 17.0 Å². The first kappa shape index (κ1) is 16.1. The minimum atomic E-state index is -0.932. The van der Waals surface area contributed by atoms with E-state index < -0.39 is 11.6 Å². The zero-order valence-corrected chi connectivity index (χ0v) is 14.0. The van der Waals surface area contributed by atoms with Gasteiger partial charge in [0, 0.05) is 29.0 Å². The van der Waals surface area contributed by atoms with Gasteiger partial charge < -0.3 is 10.3 Å². The van der Waals surface area contributed by atoms with Crippen LogP contribution in [0.4, 0.5) is 14.5 Å². The van der Waals surface area contributed by atoms with E-state index in [0.29, 0.717) is 23.0 Å². The Bertz CT molecular complexity index is 818. The Morgan fingerprint density at radius 1 is 1.26 bits per heavy atom. The van der Waals surface area contributed by atoms with Gasteiger partial charge >= 0.3 is 0 Å². The number of anilines is 1. The van der Waals surface area contributed by atoms with Crippen molar-refractivity contribution in [2.75, 3.05) is 11.1 Å². The molecular formula is C17H18F2N2OS. The Labute approximate surface area is 137 Å². The summed E-state index contributed by atoms with van der Waals surface area (Å²) in [6.45, 7) is 6.24. The SMILES string of the molecule is CC(C)(C)C1=C(C(=O)Nc2c[nH]c3cc(F)c(F)cc23)CCS1. The molecule has 2 heterocycles. The molecule has 0 fully saturated rings. The number of aromatic amines is 1. The number of allylic oxidation sites excluding steroid dienone is 1. The number of thioether (sulfide) groups is 1. The summed E-state index contributed by atoms with van der Waals surface area (Å²) in [6, 6.07) is 2.19. The Morgan fingerprint density at radius 3 is 2.65 bits per heavy atom. The topological polar surface area (TPSA) is 44.9 Å². The highest BCUT2D eigenvalue weighted by molar-refractivity contribution is 8.03. The van der Waals surface area contributed by atoms with Crippen LogP contribution in [0.5, 0.6) is 0 Å². The van der Waals surface area contributed by atoms with Gasteiger partial charge in [0.05, 0.1) is 11.2 Å². The maximum atomic E-state index is 13.4. The summed E-state index contributed by atoms with van der Waals surface area (Å²) in [7, 11) is 0. The maximum Gasteiger partial charge on any atom is 0.252 e. The normalized spacial score (nSPS) is 15.5. The van der Waals surface area contributed by atoms with E-state index in [0.717, 1.165) is 28.4 Å². The molecule has 1 aromatic carbocycles. The van der Waals surface area contributed by atoms with E-state index in [2.05, 4.69) is 31.1 Å². The van der Waals surface area contributed by atoms with Crippen molar-refractivity contribution in [2.45, 2.75) is 27.2 Å². The highest BCUT2D eigenvalue weighted by Gasteiger charge is 2.29. The standard InChI is InChI=1S/C17H18F2N2OS/c1-17(2,3)15-9(4-5-23-15)16(22)21-14-8-20-13-7-12(19)11(18)6-10(13)14/h6-8,20H,4-5H2,1-3H3,(H,21,22). The molecule has 6 heteroatoms. The monoisotopic (exact) mass is 336 g/mol. The number of carbonyl (C=O) groups excluding carboxylic acids is 1. The second kappa shape index (κ2) is 5.67. The van der Waals surface area contributed by atoms with E-state index in [-0.39, 0.29) is 11.3 Å². The molecule has 1 aliphatic rings. The fraction of sp³-hybridized carbons (Fsp3) is 0.353. The minimum absolute atomic E-state index is 0.0801.